The van der Waals surface area contributed by atoms with E-state index in [9.17, 15) is 13.6 Å². The highest BCUT2D eigenvalue weighted by Gasteiger charge is 2.30. The number of aromatic nitrogens is 2. The molecule has 1 heterocycles. The number of fused-ring (bicyclic) bond motifs is 1. The molecule has 4 rings (SSSR count). The van der Waals surface area contributed by atoms with Gasteiger partial charge in [-0.3, -0.25) is 9.69 Å². The van der Waals surface area contributed by atoms with Crippen LogP contribution in [-0.2, 0) is 13.1 Å². The molecule has 0 radical (unpaired) electrons. The van der Waals surface area contributed by atoms with Crippen molar-refractivity contribution >= 4 is 10.9 Å². The summed E-state index contributed by atoms with van der Waals surface area (Å²) in [7, 11) is 0. The largest absolute Gasteiger partial charge is 0.490 e. The van der Waals surface area contributed by atoms with Crippen LogP contribution in [0.3, 0.4) is 0 Å². The summed E-state index contributed by atoms with van der Waals surface area (Å²) < 4.78 is 35.3. The van der Waals surface area contributed by atoms with Crippen molar-refractivity contribution in [1.29, 1.82) is 0 Å². The summed E-state index contributed by atoms with van der Waals surface area (Å²) in [5.74, 6) is 0.922. The van der Waals surface area contributed by atoms with Crippen LogP contribution in [-0.4, -0.2) is 34.1 Å². The third-order valence-electron chi connectivity index (χ3n) is 4.99. The highest BCUT2D eigenvalue weighted by Crippen LogP contribution is 2.33. The molecule has 1 N–H and O–H groups in total. The van der Waals surface area contributed by atoms with E-state index in [4.69, 9.17) is 4.74 Å². The summed E-state index contributed by atoms with van der Waals surface area (Å²) in [6, 6.07) is 12.6. The molecule has 1 fully saturated rings. The smallest absolute Gasteiger partial charge is 0.387 e. The maximum atomic E-state index is 12.6. The van der Waals surface area contributed by atoms with Gasteiger partial charge in [-0.25, -0.2) is 4.98 Å². The predicted molar refractivity (Wildman–Crippen MR) is 109 cm³/mol. The van der Waals surface area contributed by atoms with E-state index < -0.39 is 6.61 Å². The number of benzene rings is 2. The first-order valence-electron chi connectivity index (χ1n) is 9.96. The molecule has 0 aliphatic heterocycles. The monoisotopic (exact) mass is 415 g/mol. The zero-order valence-electron chi connectivity index (χ0n) is 16.6. The molecule has 0 bridgehead atoms. The summed E-state index contributed by atoms with van der Waals surface area (Å²) in [4.78, 5) is 22.1. The molecule has 0 saturated heterocycles. The average Bonchev–Trinajstić information content (AvgIpc) is 3.55. The Morgan fingerprint density at radius 2 is 1.97 bits per heavy atom. The lowest BCUT2D eigenvalue weighted by molar-refractivity contribution is -0.0514. The first-order chi connectivity index (χ1) is 14.5. The molecular formula is C22H23F2N3O3. The zero-order chi connectivity index (χ0) is 21.1. The first kappa shape index (κ1) is 20.3. The SMILES string of the molecule is CCOc1cc(CN(Cc2nc3ccccc3c(=O)[nH]2)C2CC2)ccc1OC(F)F. The lowest BCUT2D eigenvalue weighted by Gasteiger charge is -2.22. The third kappa shape index (κ3) is 4.76. The normalized spacial score (nSPS) is 13.9. The second-order valence-corrected chi connectivity index (χ2v) is 7.26. The van der Waals surface area contributed by atoms with Crippen molar-refractivity contribution in [3.63, 3.8) is 0 Å². The van der Waals surface area contributed by atoms with Gasteiger partial charge in [0.05, 0.1) is 24.1 Å². The number of nitrogens with zero attached hydrogens (tertiary/aromatic N) is 2. The van der Waals surface area contributed by atoms with E-state index in [2.05, 4.69) is 19.6 Å². The molecule has 30 heavy (non-hydrogen) atoms. The molecule has 158 valence electrons. The van der Waals surface area contributed by atoms with Crippen molar-refractivity contribution in [3.05, 3.63) is 64.2 Å². The molecule has 8 heteroatoms. The van der Waals surface area contributed by atoms with E-state index >= 15 is 0 Å². The Balaban J connectivity index is 1.56. The van der Waals surface area contributed by atoms with E-state index in [-0.39, 0.29) is 11.3 Å². The Morgan fingerprint density at radius 3 is 2.70 bits per heavy atom. The summed E-state index contributed by atoms with van der Waals surface area (Å²) in [6.07, 6.45) is 2.14. The van der Waals surface area contributed by atoms with Crippen molar-refractivity contribution < 1.29 is 18.3 Å². The number of hydrogen-bond donors (Lipinski definition) is 1. The molecule has 2 aromatic carbocycles. The Bertz CT molecular complexity index is 1080. The van der Waals surface area contributed by atoms with Crippen molar-refractivity contribution in [3.8, 4) is 11.5 Å². The number of nitrogens with one attached hydrogen (secondary N) is 1. The fraction of sp³-hybridized carbons (Fsp3) is 0.364. The molecule has 0 unspecified atom stereocenters. The third-order valence-corrected chi connectivity index (χ3v) is 4.99. The molecule has 1 aliphatic rings. The van der Waals surface area contributed by atoms with E-state index in [1.165, 1.54) is 6.07 Å². The Kier molecular flexibility index (Phi) is 5.94. The lowest BCUT2D eigenvalue weighted by Crippen LogP contribution is -2.27. The molecule has 0 spiro atoms. The predicted octanol–water partition coefficient (Wildman–Crippen LogP) is 4.09. The van der Waals surface area contributed by atoms with Crippen LogP contribution >= 0.6 is 0 Å². The minimum Gasteiger partial charge on any atom is -0.490 e. The summed E-state index contributed by atoms with van der Waals surface area (Å²) in [6.45, 7) is 0.295. The average molecular weight is 415 g/mol. The summed E-state index contributed by atoms with van der Waals surface area (Å²) in [5.41, 5.74) is 1.42. The van der Waals surface area contributed by atoms with Crippen LogP contribution < -0.4 is 15.0 Å². The van der Waals surface area contributed by atoms with Gasteiger partial charge >= 0.3 is 6.61 Å². The van der Waals surface area contributed by atoms with Gasteiger partial charge in [-0.15, -0.1) is 0 Å². The van der Waals surface area contributed by atoms with E-state index in [0.717, 1.165) is 18.4 Å². The van der Waals surface area contributed by atoms with Gasteiger partial charge in [0.1, 0.15) is 5.82 Å². The topological polar surface area (TPSA) is 67.5 Å². The Labute approximate surface area is 172 Å². The van der Waals surface area contributed by atoms with Crippen LogP contribution in [0.5, 0.6) is 11.5 Å². The van der Waals surface area contributed by atoms with Gasteiger partial charge in [0.2, 0.25) is 0 Å². The number of aromatic amines is 1. The minimum atomic E-state index is -2.91. The molecule has 0 amide bonds. The summed E-state index contributed by atoms with van der Waals surface area (Å²) in [5, 5.41) is 0.565. The summed E-state index contributed by atoms with van der Waals surface area (Å²) >= 11 is 0. The molecule has 3 aromatic rings. The van der Waals surface area contributed by atoms with Gasteiger partial charge in [0.25, 0.3) is 5.56 Å². The molecule has 0 atom stereocenters. The second kappa shape index (κ2) is 8.79. The fourth-order valence-corrected chi connectivity index (χ4v) is 3.50. The van der Waals surface area contributed by atoms with Crippen molar-refractivity contribution in [1.82, 2.24) is 14.9 Å². The standard InChI is InChI=1S/C22H23F2N3O3/c1-2-29-19-11-14(7-10-18(19)30-22(23)24)12-27(15-8-9-15)13-20-25-17-6-4-3-5-16(17)21(28)26-20/h3-7,10-11,15,22H,2,8-9,12-13H2,1H3,(H,25,26,28). The quantitative estimate of drug-likeness (QED) is 0.570. The highest BCUT2D eigenvalue weighted by atomic mass is 19.3. The van der Waals surface area contributed by atoms with Gasteiger partial charge < -0.3 is 14.5 Å². The van der Waals surface area contributed by atoms with Crippen LogP contribution in [0.1, 0.15) is 31.2 Å². The van der Waals surface area contributed by atoms with Crippen LogP contribution in [0.25, 0.3) is 10.9 Å². The number of hydrogen-bond acceptors (Lipinski definition) is 5. The van der Waals surface area contributed by atoms with Crippen LogP contribution in [0.15, 0.2) is 47.3 Å². The number of H-pyrrole nitrogens is 1. The van der Waals surface area contributed by atoms with Gasteiger partial charge in [0.15, 0.2) is 11.5 Å². The number of para-hydroxylation sites is 1. The first-order valence-corrected chi connectivity index (χ1v) is 9.96. The lowest BCUT2D eigenvalue weighted by atomic mass is 10.1. The second-order valence-electron chi connectivity index (χ2n) is 7.26. The van der Waals surface area contributed by atoms with Gasteiger partial charge in [-0.1, -0.05) is 18.2 Å². The molecule has 1 aliphatic carbocycles. The van der Waals surface area contributed by atoms with Gasteiger partial charge in [-0.05, 0) is 49.6 Å². The van der Waals surface area contributed by atoms with Crippen LogP contribution in [0.2, 0.25) is 0 Å². The number of alkyl halides is 2. The molecule has 1 saturated carbocycles. The highest BCUT2D eigenvalue weighted by molar-refractivity contribution is 5.77. The van der Waals surface area contributed by atoms with Crippen LogP contribution in [0, 0.1) is 0 Å². The Hall–Kier alpha value is -3.00. The van der Waals surface area contributed by atoms with E-state index in [1.807, 2.05) is 18.2 Å². The van der Waals surface area contributed by atoms with Gasteiger partial charge in [-0.2, -0.15) is 8.78 Å². The van der Waals surface area contributed by atoms with E-state index in [1.54, 1.807) is 25.1 Å². The number of ether oxygens (including phenoxy) is 2. The van der Waals surface area contributed by atoms with Crippen molar-refractivity contribution in [2.75, 3.05) is 6.61 Å². The number of rotatable bonds is 9. The Morgan fingerprint density at radius 1 is 1.17 bits per heavy atom. The minimum absolute atomic E-state index is 0.0223. The maximum absolute atomic E-state index is 12.6. The molecular weight excluding hydrogens is 392 g/mol. The van der Waals surface area contributed by atoms with E-state index in [0.29, 0.717) is 48.2 Å². The number of halogens is 2. The van der Waals surface area contributed by atoms with Crippen molar-refractivity contribution in [2.45, 2.75) is 45.5 Å². The molecule has 6 nitrogen and oxygen atoms in total. The van der Waals surface area contributed by atoms with Crippen molar-refractivity contribution in [2.24, 2.45) is 0 Å². The maximum Gasteiger partial charge on any atom is 0.387 e. The zero-order valence-corrected chi connectivity index (χ0v) is 16.6. The van der Waals surface area contributed by atoms with Gasteiger partial charge in [0, 0.05) is 12.6 Å². The molecule has 1 aromatic heterocycles. The fourth-order valence-electron chi connectivity index (χ4n) is 3.50. The van der Waals surface area contributed by atoms with Crippen LogP contribution in [0.4, 0.5) is 8.78 Å².